The first-order valence-corrected chi connectivity index (χ1v) is 6.98. The van der Waals surface area contributed by atoms with Crippen molar-refractivity contribution in [2.24, 2.45) is 0 Å². The highest BCUT2D eigenvalue weighted by Crippen LogP contribution is 2.22. The van der Waals surface area contributed by atoms with Crippen LogP contribution in [0.15, 0.2) is 18.5 Å². The first-order valence-electron chi connectivity index (χ1n) is 6.98. The molecule has 1 aliphatic rings. The normalized spacial score (nSPS) is 16.4. The average molecular weight is 261 g/mol. The summed E-state index contributed by atoms with van der Waals surface area (Å²) in [6.07, 6.45) is 8.38. The Hall–Kier alpha value is -1.58. The first-order chi connectivity index (χ1) is 8.94. The van der Waals surface area contributed by atoms with Crippen molar-refractivity contribution in [3.63, 3.8) is 0 Å². The van der Waals surface area contributed by atoms with Gasteiger partial charge in [-0.2, -0.15) is 0 Å². The van der Waals surface area contributed by atoms with Crippen LogP contribution in [0.4, 0.5) is 5.69 Å². The minimum absolute atomic E-state index is 0.0740. The minimum Gasteiger partial charge on any atom is -0.381 e. The predicted molar refractivity (Wildman–Crippen MR) is 77.3 cm³/mol. The molecule has 1 aromatic heterocycles. The third-order valence-corrected chi connectivity index (χ3v) is 3.21. The number of carbonyl (C=O) groups is 1. The van der Waals surface area contributed by atoms with Crippen molar-refractivity contribution in [1.82, 2.24) is 10.3 Å². The first kappa shape index (κ1) is 13.8. The van der Waals surface area contributed by atoms with Crippen molar-refractivity contribution < 1.29 is 4.79 Å². The quantitative estimate of drug-likeness (QED) is 0.879. The van der Waals surface area contributed by atoms with Gasteiger partial charge >= 0.3 is 0 Å². The zero-order valence-electron chi connectivity index (χ0n) is 12.0. The van der Waals surface area contributed by atoms with Crippen molar-refractivity contribution in [1.29, 1.82) is 0 Å². The number of carbonyl (C=O) groups excluding carboxylic acids is 1. The fourth-order valence-electron chi connectivity index (χ4n) is 2.36. The van der Waals surface area contributed by atoms with Crippen LogP contribution in [0.5, 0.6) is 0 Å². The zero-order chi connectivity index (χ0) is 13.9. The number of aromatic nitrogens is 1. The lowest BCUT2D eigenvalue weighted by atomic mass is 10.1. The maximum atomic E-state index is 12.1. The smallest absolute Gasteiger partial charge is 0.253 e. The van der Waals surface area contributed by atoms with Gasteiger partial charge in [-0.1, -0.05) is 12.8 Å². The highest BCUT2D eigenvalue weighted by molar-refractivity contribution is 5.95. The van der Waals surface area contributed by atoms with Gasteiger partial charge in [0.2, 0.25) is 0 Å². The van der Waals surface area contributed by atoms with Crippen molar-refractivity contribution in [2.45, 2.75) is 58.0 Å². The van der Waals surface area contributed by atoms with Gasteiger partial charge in [0, 0.05) is 24.0 Å². The van der Waals surface area contributed by atoms with Gasteiger partial charge in [0.25, 0.3) is 5.91 Å². The van der Waals surface area contributed by atoms with Gasteiger partial charge < -0.3 is 10.6 Å². The summed E-state index contributed by atoms with van der Waals surface area (Å²) in [5.41, 5.74) is 1.32. The molecular formula is C15H23N3O. The Labute approximate surface area is 115 Å². The van der Waals surface area contributed by atoms with Crippen LogP contribution < -0.4 is 10.6 Å². The van der Waals surface area contributed by atoms with Gasteiger partial charge in [-0.25, -0.2) is 0 Å². The second-order valence-corrected chi connectivity index (χ2v) is 6.29. The van der Waals surface area contributed by atoms with Gasteiger partial charge in [-0.15, -0.1) is 0 Å². The fourth-order valence-corrected chi connectivity index (χ4v) is 2.36. The summed E-state index contributed by atoms with van der Waals surface area (Å²) < 4.78 is 0. The SMILES string of the molecule is CC(C)(C)NC(=O)c1cncc(NC2CCCC2)c1. The molecule has 0 spiro atoms. The van der Waals surface area contributed by atoms with E-state index in [1.165, 1.54) is 25.7 Å². The van der Waals surface area contributed by atoms with Crippen LogP contribution in [0.2, 0.25) is 0 Å². The molecule has 1 aromatic rings. The molecule has 1 aliphatic carbocycles. The number of rotatable bonds is 3. The Morgan fingerprint density at radius 3 is 2.58 bits per heavy atom. The van der Waals surface area contributed by atoms with Crippen LogP contribution in [-0.2, 0) is 0 Å². The van der Waals surface area contributed by atoms with Crippen LogP contribution in [0, 0.1) is 0 Å². The van der Waals surface area contributed by atoms with Crippen LogP contribution in [-0.4, -0.2) is 22.5 Å². The summed E-state index contributed by atoms with van der Waals surface area (Å²) in [6.45, 7) is 5.91. The Morgan fingerprint density at radius 1 is 1.26 bits per heavy atom. The van der Waals surface area contributed by atoms with Crippen LogP contribution in [0.3, 0.4) is 0 Å². The van der Waals surface area contributed by atoms with Gasteiger partial charge in [-0.3, -0.25) is 9.78 Å². The van der Waals surface area contributed by atoms with E-state index in [9.17, 15) is 4.79 Å². The van der Waals surface area contributed by atoms with Crippen LogP contribution >= 0.6 is 0 Å². The molecule has 0 aliphatic heterocycles. The minimum atomic E-state index is -0.230. The molecule has 1 amide bonds. The molecule has 0 unspecified atom stereocenters. The molecule has 1 fully saturated rings. The van der Waals surface area contributed by atoms with E-state index < -0.39 is 0 Å². The third-order valence-electron chi connectivity index (χ3n) is 3.21. The van der Waals surface area contributed by atoms with Crippen molar-refractivity contribution in [2.75, 3.05) is 5.32 Å². The van der Waals surface area contributed by atoms with E-state index in [2.05, 4.69) is 15.6 Å². The summed E-state index contributed by atoms with van der Waals surface area (Å²) >= 11 is 0. The molecular weight excluding hydrogens is 238 g/mol. The maximum absolute atomic E-state index is 12.1. The Balaban J connectivity index is 2.03. The molecule has 104 valence electrons. The maximum Gasteiger partial charge on any atom is 0.253 e. The molecule has 1 saturated carbocycles. The topological polar surface area (TPSA) is 54.0 Å². The van der Waals surface area contributed by atoms with Crippen molar-refractivity contribution in [3.8, 4) is 0 Å². The van der Waals surface area contributed by atoms with Gasteiger partial charge in [0.05, 0.1) is 11.3 Å². The molecule has 0 aromatic carbocycles. The van der Waals surface area contributed by atoms with E-state index in [0.29, 0.717) is 11.6 Å². The van der Waals surface area contributed by atoms with Gasteiger partial charge in [0.1, 0.15) is 0 Å². The molecule has 0 radical (unpaired) electrons. The molecule has 0 atom stereocenters. The standard InChI is InChI=1S/C15H23N3O/c1-15(2,3)18-14(19)11-8-13(10-16-9-11)17-12-6-4-5-7-12/h8-10,12,17H,4-7H2,1-3H3,(H,18,19). The van der Waals surface area contributed by atoms with Crippen LogP contribution in [0.25, 0.3) is 0 Å². The lowest BCUT2D eigenvalue weighted by molar-refractivity contribution is 0.0919. The number of nitrogens with one attached hydrogen (secondary N) is 2. The van der Waals surface area contributed by atoms with E-state index >= 15 is 0 Å². The molecule has 4 nitrogen and oxygen atoms in total. The van der Waals surface area contributed by atoms with Crippen molar-refractivity contribution in [3.05, 3.63) is 24.0 Å². The number of nitrogens with zero attached hydrogens (tertiary/aromatic N) is 1. The van der Waals surface area contributed by atoms with E-state index in [1.54, 1.807) is 12.4 Å². The monoisotopic (exact) mass is 261 g/mol. The average Bonchev–Trinajstić information content (AvgIpc) is 2.80. The highest BCUT2D eigenvalue weighted by atomic mass is 16.1. The Kier molecular flexibility index (Phi) is 4.08. The summed E-state index contributed by atoms with van der Waals surface area (Å²) in [6, 6.07) is 2.41. The molecule has 2 N–H and O–H groups in total. The van der Waals surface area contributed by atoms with Crippen LogP contribution in [0.1, 0.15) is 56.8 Å². The predicted octanol–water partition coefficient (Wildman–Crippen LogP) is 2.96. The van der Waals surface area contributed by atoms with Gasteiger partial charge in [0.15, 0.2) is 0 Å². The summed E-state index contributed by atoms with van der Waals surface area (Å²) in [5.74, 6) is -0.0740. The number of anilines is 1. The largest absolute Gasteiger partial charge is 0.381 e. The van der Waals surface area contributed by atoms with E-state index in [0.717, 1.165) is 5.69 Å². The second-order valence-electron chi connectivity index (χ2n) is 6.29. The summed E-state index contributed by atoms with van der Waals surface area (Å²) in [7, 11) is 0. The lowest BCUT2D eigenvalue weighted by Crippen LogP contribution is -2.40. The molecule has 2 rings (SSSR count). The van der Waals surface area contributed by atoms with E-state index in [4.69, 9.17) is 0 Å². The zero-order valence-corrected chi connectivity index (χ0v) is 12.0. The number of hydrogen-bond acceptors (Lipinski definition) is 3. The molecule has 1 heterocycles. The Bertz CT molecular complexity index is 445. The lowest BCUT2D eigenvalue weighted by Gasteiger charge is -2.20. The van der Waals surface area contributed by atoms with Crippen molar-refractivity contribution >= 4 is 11.6 Å². The third kappa shape index (κ3) is 4.23. The molecule has 4 heteroatoms. The molecule has 19 heavy (non-hydrogen) atoms. The number of pyridine rings is 1. The summed E-state index contributed by atoms with van der Waals surface area (Å²) in [5, 5.41) is 6.41. The number of hydrogen-bond donors (Lipinski definition) is 2. The van der Waals surface area contributed by atoms with E-state index in [-0.39, 0.29) is 11.4 Å². The summed E-state index contributed by atoms with van der Waals surface area (Å²) in [4.78, 5) is 16.2. The number of amides is 1. The second kappa shape index (κ2) is 5.59. The fraction of sp³-hybridized carbons (Fsp3) is 0.600. The molecule has 0 saturated heterocycles. The highest BCUT2D eigenvalue weighted by Gasteiger charge is 2.17. The molecule has 0 bridgehead atoms. The Morgan fingerprint density at radius 2 is 1.95 bits per heavy atom. The van der Waals surface area contributed by atoms with E-state index in [1.807, 2.05) is 26.8 Å². The van der Waals surface area contributed by atoms with Gasteiger partial charge in [-0.05, 0) is 39.7 Å².